The molecule has 0 bridgehead atoms. The molecule has 0 radical (unpaired) electrons. The fourth-order valence-electron chi connectivity index (χ4n) is 8.82. The van der Waals surface area contributed by atoms with Gasteiger partial charge in [0.25, 0.3) is 0 Å². The van der Waals surface area contributed by atoms with Gasteiger partial charge in [-0.1, -0.05) is 24.2 Å². The molecule has 4 fully saturated rings. The molecule has 0 aromatic rings. The molecule has 5 nitrogen and oxygen atoms in total. The van der Waals surface area contributed by atoms with Gasteiger partial charge < -0.3 is 14.1 Å². The summed E-state index contributed by atoms with van der Waals surface area (Å²) in [7, 11) is 1.69. The molecule has 4 aliphatic rings. The van der Waals surface area contributed by atoms with Crippen molar-refractivity contribution >= 4 is 19.7 Å². The highest BCUT2D eigenvalue weighted by atomic mass is 28.4. The van der Waals surface area contributed by atoms with Crippen molar-refractivity contribution in [2.45, 2.75) is 97.9 Å². The quantitative estimate of drug-likeness (QED) is 0.266. The smallest absolute Gasteiger partial charge is 0.184 e. The van der Waals surface area contributed by atoms with Crippen molar-refractivity contribution in [2.75, 3.05) is 14.2 Å². The number of hydrogen-bond acceptors (Lipinski definition) is 5. The molecule has 0 unspecified atom stereocenters. The number of rotatable bonds is 5. The summed E-state index contributed by atoms with van der Waals surface area (Å²) in [6, 6.07) is 0. The highest BCUT2D eigenvalue weighted by Gasteiger charge is 2.64. The third kappa shape index (κ3) is 4.08. The summed E-state index contributed by atoms with van der Waals surface area (Å²) < 4.78 is 7.11. The van der Waals surface area contributed by atoms with E-state index in [0.717, 1.165) is 24.7 Å². The Labute approximate surface area is 196 Å². The Bertz CT molecular complexity index is 763. The van der Waals surface area contributed by atoms with Gasteiger partial charge in [-0.15, -0.1) is 0 Å². The van der Waals surface area contributed by atoms with Gasteiger partial charge in [0.1, 0.15) is 14.2 Å². The van der Waals surface area contributed by atoms with Gasteiger partial charge in [-0.05, 0) is 112 Å². The minimum absolute atomic E-state index is 0.262. The highest BCUT2D eigenvalue weighted by molar-refractivity contribution is 6.69. The summed E-state index contributed by atoms with van der Waals surface area (Å²) in [6.07, 6.45) is 10.2. The fraction of sp³-hybridized carbons (Fsp3) is 0.923. The van der Waals surface area contributed by atoms with Crippen molar-refractivity contribution in [1.29, 1.82) is 0 Å². The van der Waals surface area contributed by atoms with Crippen LogP contribution in [0.5, 0.6) is 0 Å². The predicted molar refractivity (Wildman–Crippen MR) is 133 cm³/mol. The van der Waals surface area contributed by atoms with E-state index >= 15 is 0 Å². The van der Waals surface area contributed by atoms with E-state index in [9.17, 15) is 0 Å². The molecular formula is C26H46N2O3Si. The Morgan fingerprint density at radius 1 is 1.00 bits per heavy atom. The van der Waals surface area contributed by atoms with E-state index in [1.807, 2.05) is 0 Å². The molecule has 0 aromatic heterocycles. The molecule has 4 aliphatic carbocycles. The summed E-state index contributed by atoms with van der Waals surface area (Å²) >= 11 is 0. The minimum Gasteiger partial charge on any atom is -0.414 e. The first-order valence-corrected chi connectivity index (χ1v) is 16.3. The second kappa shape index (κ2) is 8.72. The Kier molecular flexibility index (Phi) is 6.61. The minimum atomic E-state index is -1.68. The molecule has 0 amide bonds. The van der Waals surface area contributed by atoms with Crippen molar-refractivity contribution in [2.24, 2.45) is 50.7 Å². The van der Waals surface area contributed by atoms with Crippen LogP contribution in [-0.2, 0) is 14.1 Å². The zero-order valence-electron chi connectivity index (χ0n) is 21.7. The topological polar surface area (TPSA) is 52.4 Å². The van der Waals surface area contributed by atoms with Crippen LogP contribution in [0.25, 0.3) is 0 Å². The molecule has 0 spiro atoms. The van der Waals surface area contributed by atoms with Crippen LogP contribution in [0.1, 0.15) is 72.1 Å². The maximum Gasteiger partial charge on any atom is 0.184 e. The van der Waals surface area contributed by atoms with Crippen LogP contribution in [0.2, 0.25) is 19.6 Å². The van der Waals surface area contributed by atoms with E-state index in [1.165, 1.54) is 49.9 Å². The number of fused-ring (bicyclic) bond motifs is 5. The first kappa shape index (κ1) is 24.2. The molecule has 0 heterocycles. The normalized spacial score (nSPS) is 45.8. The molecule has 0 aromatic carbocycles. The lowest BCUT2D eigenvalue weighted by atomic mass is 9.44. The summed E-state index contributed by atoms with van der Waals surface area (Å²) in [5.41, 5.74) is 3.05. The molecule has 182 valence electrons. The Balaban J connectivity index is 1.70. The van der Waals surface area contributed by atoms with Crippen LogP contribution in [0.3, 0.4) is 0 Å². The molecule has 32 heavy (non-hydrogen) atoms. The van der Waals surface area contributed by atoms with Gasteiger partial charge in [-0.3, -0.25) is 0 Å². The van der Waals surface area contributed by atoms with Crippen molar-refractivity contribution in [1.82, 2.24) is 0 Å². The van der Waals surface area contributed by atoms with Crippen LogP contribution in [-0.4, -0.2) is 40.1 Å². The zero-order chi connectivity index (χ0) is 23.3. The summed E-state index contributed by atoms with van der Waals surface area (Å²) in [4.78, 5) is 10.4. The maximum absolute atomic E-state index is 7.11. The van der Waals surface area contributed by atoms with Gasteiger partial charge >= 0.3 is 0 Å². The predicted octanol–water partition coefficient (Wildman–Crippen LogP) is 6.50. The standard InChI is InChI=1S/C26H46N2O3Si/c1-17(27-29-4)21-11-12-22-20-10-9-18-15-19(28-30-5)13-14-25(18,2)24(20)23(16-26(21,22)3)31-32(6,7)8/h18,20-24H,9-16H2,1-8H3/b27-17+,28-19-/t18-,20+,21-,22+,23+,24-,25+,26-/m1/s1. The first-order chi connectivity index (χ1) is 15.0. The summed E-state index contributed by atoms with van der Waals surface area (Å²) in [5, 5.41) is 8.78. The maximum atomic E-state index is 7.11. The molecule has 6 heteroatoms. The third-order valence-corrected chi connectivity index (χ3v) is 10.9. The van der Waals surface area contributed by atoms with Gasteiger partial charge in [-0.25, -0.2) is 0 Å². The van der Waals surface area contributed by atoms with Gasteiger partial charge in [0.15, 0.2) is 8.32 Å². The van der Waals surface area contributed by atoms with Crippen LogP contribution in [0.4, 0.5) is 0 Å². The summed E-state index contributed by atoms with van der Waals surface area (Å²) in [6.45, 7) is 14.4. The molecule has 8 atom stereocenters. The van der Waals surface area contributed by atoms with E-state index in [-0.39, 0.29) is 5.41 Å². The molecule has 0 saturated heterocycles. The lowest BCUT2D eigenvalue weighted by Gasteiger charge is -2.63. The van der Waals surface area contributed by atoms with Gasteiger partial charge in [0.05, 0.1) is 11.4 Å². The number of nitrogens with zero attached hydrogens (tertiary/aromatic N) is 2. The van der Waals surface area contributed by atoms with Gasteiger partial charge in [-0.2, -0.15) is 0 Å². The monoisotopic (exact) mass is 462 g/mol. The van der Waals surface area contributed by atoms with Crippen molar-refractivity contribution in [3.05, 3.63) is 0 Å². The Morgan fingerprint density at radius 3 is 2.41 bits per heavy atom. The van der Waals surface area contributed by atoms with Crippen molar-refractivity contribution < 1.29 is 14.1 Å². The van der Waals surface area contributed by atoms with E-state index < -0.39 is 8.32 Å². The third-order valence-electron chi connectivity index (χ3n) is 9.87. The summed E-state index contributed by atoms with van der Waals surface area (Å²) in [5.74, 6) is 3.41. The number of hydrogen-bond donors (Lipinski definition) is 0. The van der Waals surface area contributed by atoms with Crippen molar-refractivity contribution in [3.63, 3.8) is 0 Å². The molecule has 0 N–H and O–H groups in total. The Morgan fingerprint density at radius 2 is 1.75 bits per heavy atom. The van der Waals surface area contributed by atoms with E-state index in [4.69, 9.17) is 14.1 Å². The first-order valence-electron chi connectivity index (χ1n) is 12.9. The SMILES string of the molecule is CO/N=C1/CC[C@@]2(C)[C@H](CC[C@@H]3[C@@H]2[C@@H](O[Si](C)(C)C)C[C@]2(C)[C@@H](/C(C)=N/OC)CC[C@@H]32)C1. The lowest BCUT2D eigenvalue weighted by Crippen LogP contribution is -2.61. The molecule has 4 rings (SSSR count). The Hall–Kier alpha value is -0.883. The average molecular weight is 463 g/mol. The zero-order valence-corrected chi connectivity index (χ0v) is 22.7. The van der Waals surface area contributed by atoms with Crippen molar-refractivity contribution in [3.8, 4) is 0 Å². The lowest BCUT2D eigenvalue weighted by molar-refractivity contribution is -0.153. The van der Waals surface area contributed by atoms with E-state index in [1.54, 1.807) is 14.2 Å². The highest BCUT2D eigenvalue weighted by Crippen LogP contribution is 2.68. The van der Waals surface area contributed by atoms with Crippen LogP contribution < -0.4 is 0 Å². The van der Waals surface area contributed by atoms with E-state index in [2.05, 4.69) is 50.7 Å². The second-order valence-electron chi connectivity index (χ2n) is 12.6. The van der Waals surface area contributed by atoms with Crippen LogP contribution >= 0.6 is 0 Å². The average Bonchev–Trinajstić information content (AvgIpc) is 3.04. The second-order valence-corrected chi connectivity index (χ2v) is 17.1. The molecule has 4 saturated carbocycles. The molecular weight excluding hydrogens is 416 g/mol. The van der Waals surface area contributed by atoms with Gasteiger partial charge in [0.2, 0.25) is 0 Å². The largest absolute Gasteiger partial charge is 0.414 e. The van der Waals surface area contributed by atoms with Crippen LogP contribution in [0.15, 0.2) is 10.3 Å². The fourth-order valence-corrected chi connectivity index (χ4v) is 9.96. The van der Waals surface area contributed by atoms with Gasteiger partial charge in [0, 0.05) is 12.0 Å². The molecule has 0 aliphatic heterocycles. The van der Waals surface area contributed by atoms with Crippen LogP contribution in [0, 0.1) is 40.4 Å². The van der Waals surface area contributed by atoms with E-state index in [0.29, 0.717) is 29.3 Å². The number of oxime groups is 2.